The molecule has 2 N–H and O–H groups in total. The molecule has 33 heavy (non-hydrogen) atoms. The maximum atomic E-state index is 13.4. The van der Waals surface area contributed by atoms with E-state index >= 15 is 0 Å². The van der Waals surface area contributed by atoms with Crippen molar-refractivity contribution in [3.8, 4) is 11.5 Å². The third kappa shape index (κ3) is 4.53. The van der Waals surface area contributed by atoms with Gasteiger partial charge in [0, 0.05) is 29.3 Å². The molecule has 0 unspecified atom stereocenters. The van der Waals surface area contributed by atoms with Crippen LogP contribution < -0.4 is 20.1 Å². The molecule has 6 nitrogen and oxygen atoms in total. The van der Waals surface area contributed by atoms with Crippen molar-refractivity contribution in [2.45, 2.75) is 50.6 Å². The van der Waals surface area contributed by atoms with Gasteiger partial charge in [-0.05, 0) is 74.5 Å². The number of rotatable bonds is 7. The van der Waals surface area contributed by atoms with E-state index in [1.54, 1.807) is 13.3 Å². The average molecular weight is 446 g/mol. The van der Waals surface area contributed by atoms with Crippen molar-refractivity contribution in [3.05, 3.63) is 65.4 Å². The summed E-state index contributed by atoms with van der Waals surface area (Å²) in [7, 11) is 1.66. The Hall–Kier alpha value is -3.12. The van der Waals surface area contributed by atoms with Crippen LogP contribution in [-0.4, -0.2) is 37.2 Å². The molecular weight excluding hydrogens is 414 g/mol. The van der Waals surface area contributed by atoms with Crippen molar-refractivity contribution in [2.75, 3.05) is 20.3 Å². The fraction of sp³-hybridized carbons (Fsp3) is 0.407. The van der Waals surface area contributed by atoms with Crippen LogP contribution in [0.3, 0.4) is 0 Å². The molecule has 1 aromatic heterocycles. The number of amides is 1. The summed E-state index contributed by atoms with van der Waals surface area (Å²) >= 11 is 0. The van der Waals surface area contributed by atoms with Gasteiger partial charge in [-0.3, -0.25) is 9.78 Å². The van der Waals surface area contributed by atoms with Crippen LogP contribution in [0.1, 0.15) is 53.6 Å². The topological polar surface area (TPSA) is 72.5 Å². The molecule has 6 heteroatoms. The highest BCUT2D eigenvalue weighted by Crippen LogP contribution is 2.49. The zero-order valence-corrected chi connectivity index (χ0v) is 19.3. The number of benzene rings is 2. The third-order valence-corrected chi connectivity index (χ3v) is 6.87. The highest BCUT2D eigenvalue weighted by Gasteiger charge is 2.47. The van der Waals surface area contributed by atoms with Gasteiger partial charge in [-0.1, -0.05) is 18.6 Å². The van der Waals surface area contributed by atoms with E-state index in [-0.39, 0.29) is 5.91 Å². The van der Waals surface area contributed by atoms with E-state index in [4.69, 9.17) is 9.47 Å². The first-order valence-corrected chi connectivity index (χ1v) is 11.8. The minimum absolute atomic E-state index is 0.0777. The van der Waals surface area contributed by atoms with Crippen molar-refractivity contribution in [1.82, 2.24) is 15.6 Å². The molecule has 2 heterocycles. The van der Waals surface area contributed by atoms with Gasteiger partial charge in [-0.15, -0.1) is 0 Å². The first kappa shape index (κ1) is 21.7. The van der Waals surface area contributed by atoms with Crippen molar-refractivity contribution < 1.29 is 14.3 Å². The van der Waals surface area contributed by atoms with Gasteiger partial charge in [0.15, 0.2) is 0 Å². The van der Waals surface area contributed by atoms with Crippen molar-refractivity contribution in [3.63, 3.8) is 0 Å². The summed E-state index contributed by atoms with van der Waals surface area (Å²) in [4.78, 5) is 17.9. The number of nitrogens with zero attached hydrogens (tertiary/aromatic N) is 1. The standard InChI is InChI=1S/C27H31N3O3/c1-18-8-9-20(33-17-19-6-3-4-12-28-19)14-23(18)26(31)30-27(10-11-27)24-15-21(32-2)16-25-22(24)7-5-13-29-25/h5,7-9,13-16,19,28H,3-4,6,10-12,17H2,1-2H3,(H,30,31)/t19-/m0/s1. The lowest BCUT2D eigenvalue weighted by molar-refractivity contribution is 0.0930. The smallest absolute Gasteiger partial charge is 0.252 e. The zero-order chi connectivity index (χ0) is 22.8. The van der Waals surface area contributed by atoms with Crippen LogP contribution in [0.5, 0.6) is 11.5 Å². The van der Waals surface area contributed by atoms with Crippen LogP contribution in [-0.2, 0) is 5.54 Å². The maximum Gasteiger partial charge on any atom is 0.252 e. The number of aryl methyl sites for hydroxylation is 1. The van der Waals surface area contributed by atoms with Crippen LogP contribution in [0.15, 0.2) is 48.7 Å². The van der Waals surface area contributed by atoms with E-state index in [9.17, 15) is 4.79 Å². The Balaban J connectivity index is 1.37. The van der Waals surface area contributed by atoms with E-state index in [2.05, 4.69) is 21.7 Å². The summed E-state index contributed by atoms with van der Waals surface area (Å²) in [5.41, 5.74) is 3.12. The lowest BCUT2D eigenvalue weighted by Crippen LogP contribution is -2.38. The second kappa shape index (κ2) is 9.02. The van der Waals surface area contributed by atoms with E-state index in [0.717, 1.165) is 59.3 Å². The number of methoxy groups -OCH3 is 1. The second-order valence-electron chi connectivity index (χ2n) is 9.22. The van der Waals surface area contributed by atoms with Crippen LogP contribution in [0.2, 0.25) is 0 Å². The van der Waals surface area contributed by atoms with Crippen molar-refractivity contribution >= 4 is 16.8 Å². The van der Waals surface area contributed by atoms with Gasteiger partial charge >= 0.3 is 0 Å². The molecule has 2 aliphatic rings. The lowest BCUT2D eigenvalue weighted by Gasteiger charge is -2.24. The number of fused-ring (bicyclic) bond motifs is 1. The molecule has 2 aromatic carbocycles. The quantitative estimate of drug-likeness (QED) is 0.561. The second-order valence-corrected chi connectivity index (χ2v) is 9.22. The van der Waals surface area contributed by atoms with E-state index < -0.39 is 5.54 Å². The van der Waals surface area contributed by atoms with Gasteiger partial charge in [0.1, 0.15) is 18.1 Å². The van der Waals surface area contributed by atoms with Crippen molar-refractivity contribution in [1.29, 1.82) is 0 Å². The molecule has 1 aliphatic carbocycles. The SMILES string of the molecule is COc1cc(C2(NC(=O)c3cc(OC[C@@H]4CCCCN4)ccc3C)CC2)c2cccnc2c1. The van der Waals surface area contributed by atoms with E-state index in [1.165, 1.54) is 12.8 Å². The number of nitrogens with one attached hydrogen (secondary N) is 2. The lowest BCUT2D eigenvalue weighted by atomic mass is 9.97. The summed E-state index contributed by atoms with van der Waals surface area (Å²) < 4.78 is 11.6. The monoisotopic (exact) mass is 445 g/mol. The minimum atomic E-state index is -0.401. The van der Waals surface area contributed by atoms with Crippen LogP contribution >= 0.6 is 0 Å². The zero-order valence-electron chi connectivity index (χ0n) is 19.3. The fourth-order valence-corrected chi connectivity index (χ4v) is 4.74. The maximum absolute atomic E-state index is 13.4. The third-order valence-electron chi connectivity index (χ3n) is 6.87. The van der Waals surface area contributed by atoms with Gasteiger partial charge in [-0.2, -0.15) is 0 Å². The minimum Gasteiger partial charge on any atom is -0.497 e. The molecule has 3 aromatic rings. The van der Waals surface area contributed by atoms with E-state index in [1.807, 2.05) is 43.3 Å². The van der Waals surface area contributed by atoms with Gasteiger partial charge in [0.2, 0.25) is 0 Å². The number of pyridine rings is 1. The Bertz CT molecular complexity index is 1170. The first-order valence-electron chi connectivity index (χ1n) is 11.8. The van der Waals surface area contributed by atoms with Crippen LogP contribution in [0.25, 0.3) is 10.9 Å². The molecule has 1 amide bonds. The summed E-state index contributed by atoms with van der Waals surface area (Å²) in [5.74, 6) is 1.41. The van der Waals surface area contributed by atoms with E-state index in [0.29, 0.717) is 18.2 Å². The summed E-state index contributed by atoms with van der Waals surface area (Å²) in [6, 6.07) is 14.1. The van der Waals surface area contributed by atoms with Gasteiger partial charge < -0.3 is 20.1 Å². The fourth-order valence-electron chi connectivity index (χ4n) is 4.74. The first-order chi connectivity index (χ1) is 16.1. The number of hydrogen-bond acceptors (Lipinski definition) is 5. The number of hydrogen-bond donors (Lipinski definition) is 2. The number of carbonyl (C=O) groups excluding carboxylic acids is 1. The van der Waals surface area contributed by atoms with Crippen LogP contribution in [0.4, 0.5) is 0 Å². The summed E-state index contributed by atoms with van der Waals surface area (Å²) in [6.45, 7) is 3.63. The molecule has 1 aliphatic heterocycles. The Labute approximate surface area is 194 Å². The predicted molar refractivity (Wildman–Crippen MR) is 129 cm³/mol. The summed E-state index contributed by atoms with van der Waals surface area (Å²) in [5, 5.41) is 7.87. The molecule has 2 fully saturated rings. The normalized spacial score (nSPS) is 19.2. The molecule has 0 bridgehead atoms. The summed E-state index contributed by atoms with van der Waals surface area (Å²) in [6.07, 6.45) is 7.15. The number of carbonyl (C=O) groups is 1. The van der Waals surface area contributed by atoms with Gasteiger partial charge in [0.25, 0.3) is 5.91 Å². The largest absolute Gasteiger partial charge is 0.497 e. The highest BCUT2D eigenvalue weighted by molar-refractivity contribution is 5.97. The molecule has 1 atom stereocenters. The number of ether oxygens (including phenoxy) is 2. The molecule has 1 saturated heterocycles. The predicted octanol–water partition coefficient (Wildman–Crippen LogP) is 4.49. The number of piperidine rings is 1. The Kier molecular flexibility index (Phi) is 5.94. The molecule has 0 spiro atoms. The molecule has 0 radical (unpaired) electrons. The van der Waals surface area contributed by atoms with Gasteiger partial charge in [-0.25, -0.2) is 0 Å². The Morgan fingerprint density at radius 3 is 2.82 bits per heavy atom. The molecule has 172 valence electrons. The average Bonchev–Trinajstić information content (AvgIpc) is 3.63. The molecular formula is C27H31N3O3. The van der Waals surface area contributed by atoms with Crippen molar-refractivity contribution in [2.24, 2.45) is 0 Å². The Morgan fingerprint density at radius 2 is 2.06 bits per heavy atom. The van der Waals surface area contributed by atoms with Crippen LogP contribution in [0, 0.1) is 6.92 Å². The Morgan fingerprint density at radius 1 is 1.18 bits per heavy atom. The molecule has 1 saturated carbocycles. The number of aromatic nitrogens is 1. The molecule has 5 rings (SSSR count). The van der Waals surface area contributed by atoms with Gasteiger partial charge in [0.05, 0.1) is 18.2 Å². The highest BCUT2D eigenvalue weighted by atomic mass is 16.5.